The van der Waals surface area contributed by atoms with E-state index in [1.165, 1.54) is 11.1 Å². The number of aryl methyl sites for hydroxylation is 1. The maximum Gasteiger partial charge on any atom is 0.317 e. The second kappa shape index (κ2) is 7.89. The molecule has 0 unspecified atom stereocenters. The van der Waals surface area contributed by atoms with Gasteiger partial charge in [-0.2, -0.15) is 0 Å². The number of rotatable bonds is 3. The lowest BCUT2D eigenvalue weighted by Crippen LogP contribution is -2.45. The summed E-state index contributed by atoms with van der Waals surface area (Å²) in [6.07, 6.45) is 3.69. The number of carbonyl (C=O) groups excluding carboxylic acids is 1. The van der Waals surface area contributed by atoms with Gasteiger partial charge in [0.05, 0.1) is 5.52 Å². The van der Waals surface area contributed by atoms with Gasteiger partial charge in [0.2, 0.25) is 0 Å². The molecule has 144 valence electrons. The molecular weight excluding hydrogens is 350 g/mol. The molecule has 0 spiro atoms. The Kier molecular flexibility index (Phi) is 5.15. The van der Waals surface area contributed by atoms with Crippen molar-refractivity contribution < 1.29 is 9.53 Å². The van der Waals surface area contributed by atoms with E-state index in [4.69, 9.17) is 4.74 Å². The summed E-state index contributed by atoms with van der Waals surface area (Å²) in [6.45, 7) is 3.58. The molecule has 4 rings (SSSR count). The summed E-state index contributed by atoms with van der Waals surface area (Å²) in [5, 5.41) is 3.84. The Morgan fingerprint density at radius 3 is 2.57 bits per heavy atom. The van der Waals surface area contributed by atoms with Crippen LogP contribution in [0.2, 0.25) is 0 Å². The van der Waals surface area contributed by atoms with Crippen LogP contribution in [0.3, 0.4) is 0 Å². The Bertz CT molecular complexity index is 977. The molecule has 0 aliphatic carbocycles. The highest BCUT2D eigenvalue weighted by Crippen LogP contribution is 2.30. The average molecular weight is 375 g/mol. The zero-order valence-electron chi connectivity index (χ0n) is 16.3. The summed E-state index contributed by atoms with van der Waals surface area (Å²) in [7, 11) is 1.67. The van der Waals surface area contributed by atoms with Crippen LogP contribution in [0.1, 0.15) is 18.4 Å². The number of hydrogen-bond acceptors (Lipinski definition) is 3. The molecule has 28 heavy (non-hydrogen) atoms. The highest BCUT2D eigenvalue weighted by atomic mass is 16.5. The van der Waals surface area contributed by atoms with E-state index in [-0.39, 0.29) is 12.1 Å². The second-order valence-electron chi connectivity index (χ2n) is 7.20. The lowest BCUT2D eigenvalue weighted by Gasteiger charge is -2.31. The first kappa shape index (κ1) is 18.3. The van der Waals surface area contributed by atoms with Crippen molar-refractivity contribution in [1.82, 2.24) is 15.2 Å². The zero-order chi connectivity index (χ0) is 19.5. The molecule has 1 N–H and O–H groups in total. The lowest BCUT2D eigenvalue weighted by molar-refractivity contribution is 0.112. The molecule has 1 aliphatic rings. The number of nitrogens with zero attached hydrogens (tertiary/aromatic N) is 2. The van der Waals surface area contributed by atoms with E-state index < -0.39 is 0 Å². The molecule has 2 heterocycles. The predicted molar refractivity (Wildman–Crippen MR) is 112 cm³/mol. The predicted octanol–water partition coefficient (Wildman–Crippen LogP) is 4.39. The maximum absolute atomic E-state index is 11.7. The van der Waals surface area contributed by atoms with Gasteiger partial charge in [0.1, 0.15) is 11.9 Å². The third-order valence-electron chi connectivity index (χ3n) is 5.44. The molecule has 0 bridgehead atoms. The smallest absolute Gasteiger partial charge is 0.317 e. The summed E-state index contributed by atoms with van der Waals surface area (Å²) < 4.78 is 6.14. The van der Waals surface area contributed by atoms with E-state index in [2.05, 4.69) is 47.6 Å². The van der Waals surface area contributed by atoms with E-state index >= 15 is 0 Å². The fourth-order valence-corrected chi connectivity index (χ4v) is 3.84. The van der Waals surface area contributed by atoms with Crippen molar-refractivity contribution >= 4 is 16.9 Å². The van der Waals surface area contributed by atoms with Gasteiger partial charge in [-0.25, -0.2) is 4.79 Å². The van der Waals surface area contributed by atoms with Crippen LogP contribution in [0.4, 0.5) is 4.79 Å². The average Bonchev–Trinajstić information content (AvgIpc) is 2.75. The van der Waals surface area contributed by atoms with Crippen molar-refractivity contribution in [1.29, 1.82) is 0 Å². The topological polar surface area (TPSA) is 54.5 Å². The number of amides is 2. The number of fused-ring (bicyclic) bond motifs is 1. The first-order valence-corrected chi connectivity index (χ1v) is 9.74. The Balaban J connectivity index is 1.45. The standard InChI is InChI=1S/C23H25N3O2/c1-16-21(10-7-18-4-3-13-25-22(16)18)17-5-8-19(9-6-17)28-20-11-14-26(15-12-20)23(27)24-2/h3-10,13,20H,11-12,14-15H2,1-2H3,(H,24,27). The maximum atomic E-state index is 11.7. The van der Waals surface area contributed by atoms with Crippen molar-refractivity contribution in [3.63, 3.8) is 0 Å². The number of pyridine rings is 1. The van der Waals surface area contributed by atoms with Gasteiger partial charge in [0, 0.05) is 44.6 Å². The summed E-state index contributed by atoms with van der Waals surface area (Å²) in [6, 6.07) is 16.6. The van der Waals surface area contributed by atoms with Crippen molar-refractivity contribution in [2.24, 2.45) is 0 Å². The molecule has 3 aromatic rings. The number of hydrogen-bond donors (Lipinski definition) is 1. The molecule has 1 saturated heterocycles. The Labute approximate surface area is 165 Å². The van der Waals surface area contributed by atoms with Gasteiger partial charge in [0.15, 0.2) is 0 Å². The van der Waals surface area contributed by atoms with Crippen molar-refractivity contribution in [2.75, 3.05) is 20.1 Å². The molecular formula is C23H25N3O2. The van der Waals surface area contributed by atoms with Gasteiger partial charge in [-0.3, -0.25) is 4.98 Å². The molecule has 2 amide bonds. The number of benzene rings is 2. The molecule has 0 saturated carbocycles. The van der Waals surface area contributed by atoms with Crippen molar-refractivity contribution in [3.8, 4) is 16.9 Å². The van der Waals surface area contributed by atoms with Crippen molar-refractivity contribution in [2.45, 2.75) is 25.9 Å². The minimum Gasteiger partial charge on any atom is -0.490 e. The van der Waals surface area contributed by atoms with Gasteiger partial charge < -0.3 is 15.0 Å². The van der Waals surface area contributed by atoms with Crippen molar-refractivity contribution in [3.05, 3.63) is 60.3 Å². The number of aromatic nitrogens is 1. The number of ether oxygens (including phenoxy) is 1. The summed E-state index contributed by atoms with van der Waals surface area (Å²) in [5.41, 5.74) is 4.58. The van der Waals surface area contributed by atoms with Gasteiger partial charge >= 0.3 is 6.03 Å². The Morgan fingerprint density at radius 1 is 1.11 bits per heavy atom. The van der Waals surface area contributed by atoms with Gasteiger partial charge in [0.25, 0.3) is 0 Å². The molecule has 5 heteroatoms. The number of piperidine rings is 1. The molecule has 0 atom stereocenters. The number of carbonyl (C=O) groups is 1. The minimum absolute atomic E-state index is 0.0111. The Hall–Kier alpha value is -3.08. The Morgan fingerprint density at radius 2 is 1.86 bits per heavy atom. The van der Waals surface area contributed by atoms with Gasteiger partial charge in [-0.1, -0.05) is 30.3 Å². The first-order chi connectivity index (χ1) is 13.7. The zero-order valence-corrected chi connectivity index (χ0v) is 16.3. The molecule has 0 radical (unpaired) electrons. The third kappa shape index (κ3) is 3.65. The number of likely N-dealkylation sites (tertiary alicyclic amines) is 1. The molecule has 5 nitrogen and oxygen atoms in total. The van der Waals surface area contributed by atoms with Crippen LogP contribution in [-0.4, -0.2) is 42.2 Å². The van der Waals surface area contributed by atoms with Crippen LogP contribution in [-0.2, 0) is 0 Å². The van der Waals surface area contributed by atoms with Crippen LogP contribution in [0.25, 0.3) is 22.0 Å². The highest BCUT2D eigenvalue weighted by molar-refractivity contribution is 5.88. The van der Waals surface area contributed by atoms with E-state index in [1.54, 1.807) is 7.05 Å². The molecule has 1 fully saturated rings. The van der Waals surface area contributed by atoms with Crippen LogP contribution in [0.15, 0.2) is 54.7 Å². The largest absolute Gasteiger partial charge is 0.490 e. The summed E-state index contributed by atoms with van der Waals surface area (Å²) >= 11 is 0. The SMILES string of the molecule is CNC(=O)N1CCC(Oc2ccc(-c3ccc4cccnc4c3C)cc2)CC1. The van der Waals surface area contributed by atoms with Gasteiger partial charge in [-0.05, 0) is 41.8 Å². The second-order valence-corrected chi connectivity index (χ2v) is 7.20. The van der Waals surface area contributed by atoms with E-state index in [0.717, 1.165) is 48.1 Å². The normalized spacial score (nSPS) is 14.9. The van der Waals surface area contributed by atoms with E-state index in [1.807, 2.05) is 29.3 Å². The van der Waals surface area contributed by atoms with Gasteiger partial charge in [-0.15, -0.1) is 0 Å². The van der Waals surface area contributed by atoms with Crippen LogP contribution in [0, 0.1) is 6.92 Å². The first-order valence-electron chi connectivity index (χ1n) is 9.74. The third-order valence-corrected chi connectivity index (χ3v) is 5.44. The van der Waals surface area contributed by atoms with E-state index in [9.17, 15) is 4.79 Å². The fourth-order valence-electron chi connectivity index (χ4n) is 3.84. The molecule has 1 aromatic heterocycles. The van der Waals surface area contributed by atoms with Crippen LogP contribution >= 0.6 is 0 Å². The number of urea groups is 1. The summed E-state index contributed by atoms with van der Waals surface area (Å²) in [5.74, 6) is 0.874. The van der Waals surface area contributed by atoms with E-state index in [0.29, 0.717) is 0 Å². The molecule has 2 aromatic carbocycles. The fraction of sp³-hybridized carbons (Fsp3) is 0.304. The lowest BCUT2D eigenvalue weighted by atomic mass is 9.98. The minimum atomic E-state index is -0.0111. The summed E-state index contributed by atoms with van der Waals surface area (Å²) in [4.78, 5) is 18.0. The monoisotopic (exact) mass is 375 g/mol. The number of nitrogens with one attached hydrogen (secondary N) is 1. The quantitative estimate of drug-likeness (QED) is 0.738. The van der Waals surface area contributed by atoms with Crippen LogP contribution < -0.4 is 10.1 Å². The highest BCUT2D eigenvalue weighted by Gasteiger charge is 2.23. The van der Waals surface area contributed by atoms with Crippen LogP contribution in [0.5, 0.6) is 5.75 Å². The molecule has 1 aliphatic heterocycles.